The van der Waals surface area contributed by atoms with Crippen molar-refractivity contribution in [2.24, 2.45) is 0 Å². The number of aromatic amines is 1. The van der Waals surface area contributed by atoms with Gasteiger partial charge in [0, 0.05) is 5.56 Å². The van der Waals surface area contributed by atoms with E-state index < -0.39 is 10.2 Å². The van der Waals surface area contributed by atoms with Gasteiger partial charge in [0.05, 0.1) is 11.0 Å². The van der Waals surface area contributed by atoms with Crippen LogP contribution in [0.4, 0.5) is 13.2 Å². The lowest BCUT2D eigenvalue weighted by Crippen LogP contribution is -2.17. The zero-order valence-electron chi connectivity index (χ0n) is 11.7. The molecule has 1 heterocycles. The van der Waals surface area contributed by atoms with Gasteiger partial charge in [-0.1, -0.05) is 59.1 Å². The van der Waals surface area contributed by atoms with Crippen LogP contribution in [0.1, 0.15) is 5.82 Å². The molecule has 0 aliphatic heterocycles. The summed E-state index contributed by atoms with van der Waals surface area (Å²) in [5, 5.41) is 0. The second-order valence-electron chi connectivity index (χ2n) is 4.86. The van der Waals surface area contributed by atoms with Crippen molar-refractivity contribution in [1.82, 2.24) is 9.97 Å². The van der Waals surface area contributed by atoms with Crippen LogP contribution in [0.2, 0.25) is 0 Å². The number of hydrogen-bond acceptors (Lipinski definition) is 2. The summed E-state index contributed by atoms with van der Waals surface area (Å²) in [4.78, 5) is 7.01. The van der Waals surface area contributed by atoms with Crippen LogP contribution in [0.5, 0.6) is 5.75 Å². The van der Waals surface area contributed by atoms with E-state index in [-0.39, 0.29) is 17.1 Å². The summed E-state index contributed by atoms with van der Waals surface area (Å²) in [5.74, 6) is -0.180. The maximum atomic E-state index is 12.5. The highest BCUT2D eigenvalue weighted by Crippen LogP contribution is 2.38. The lowest BCUT2D eigenvalue weighted by molar-refractivity contribution is -0.274. The largest absolute Gasteiger partial charge is 0.573 e. The van der Waals surface area contributed by atoms with Crippen molar-refractivity contribution in [3.05, 3.63) is 48.3 Å². The summed E-state index contributed by atoms with van der Waals surface area (Å²) in [5.41, 5.74) is 1.81. The summed E-state index contributed by atoms with van der Waals surface area (Å²) < 4.78 is 40.0. The molecule has 0 spiro atoms. The van der Waals surface area contributed by atoms with Gasteiger partial charge in [0.2, 0.25) is 3.79 Å². The summed E-state index contributed by atoms with van der Waals surface area (Å²) in [6.45, 7) is 0. The summed E-state index contributed by atoms with van der Waals surface area (Å²) >= 11 is 17.3. The minimum Gasteiger partial charge on any atom is -0.405 e. The van der Waals surface area contributed by atoms with Gasteiger partial charge in [0.25, 0.3) is 0 Å². The first-order chi connectivity index (χ1) is 11.1. The molecule has 0 saturated heterocycles. The molecule has 3 nitrogen and oxygen atoms in total. The molecule has 9 heteroatoms. The number of H-pyrrole nitrogens is 1. The lowest BCUT2D eigenvalue weighted by Gasteiger charge is -2.13. The molecule has 126 valence electrons. The Labute approximate surface area is 149 Å². The molecule has 0 amide bonds. The predicted molar refractivity (Wildman–Crippen MR) is 87.4 cm³/mol. The van der Waals surface area contributed by atoms with E-state index in [1.807, 2.05) is 0 Å². The average Bonchev–Trinajstić information content (AvgIpc) is 2.89. The van der Waals surface area contributed by atoms with Crippen molar-refractivity contribution >= 4 is 45.8 Å². The molecule has 0 aliphatic rings. The number of nitrogens with zero attached hydrogens (tertiary/aromatic N) is 1. The van der Waals surface area contributed by atoms with Gasteiger partial charge in [0.1, 0.15) is 5.75 Å². The Morgan fingerprint density at radius 2 is 1.71 bits per heavy atom. The average molecular weight is 396 g/mol. The predicted octanol–water partition coefficient (Wildman–Crippen LogP) is 5.96. The Balaban J connectivity index is 2.07. The number of para-hydroxylation sites is 1. The van der Waals surface area contributed by atoms with Crippen LogP contribution >= 0.6 is 34.8 Å². The zero-order chi connectivity index (χ0) is 17.5. The van der Waals surface area contributed by atoms with E-state index in [0.29, 0.717) is 16.6 Å². The number of ether oxygens (including phenoxy) is 1. The molecule has 2 aromatic carbocycles. The maximum absolute atomic E-state index is 12.5. The molecular formula is C15H8Cl3F3N2O. The highest BCUT2D eigenvalue weighted by Gasteiger charge is 2.32. The number of benzene rings is 2. The van der Waals surface area contributed by atoms with Crippen molar-refractivity contribution in [3.63, 3.8) is 0 Å². The SMILES string of the molecule is FC(F)(F)Oc1ccccc1-c1ccc2[nH]c(C(Cl)(Cl)Cl)nc2c1. The number of alkyl halides is 6. The fourth-order valence-corrected chi connectivity index (χ4v) is 2.49. The summed E-state index contributed by atoms with van der Waals surface area (Å²) in [6, 6.07) is 10.7. The first-order valence-corrected chi connectivity index (χ1v) is 7.69. The minimum atomic E-state index is -4.78. The summed E-state index contributed by atoms with van der Waals surface area (Å²) in [7, 11) is 0. The standard InChI is InChI=1S/C15H8Cl3F3N2O/c16-14(17,18)13-22-10-6-5-8(7-11(10)23-13)9-3-1-2-4-12(9)24-15(19,20)21/h1-7H,(H,22,23). The Kier molecular flexibility index (Phi) is 4.32. The highest BCUT2D eigenvalue weighted by atomic mass is 35.6. The molecule has 0 saturated carbocycles. The van der Waals surface area contributed by atoms with Crippen LogP contribution in [0.15, 0.2) is 42.5 Å². The molecule has 0 unspecified atom stereocenters. The molecule has 0 radical (unpaired) electrons. The van der Waals surface area contributed by atoms with Gasteiger partial charge in [-0.05, 0) is 23.8 Å². The molecule has 0 fully saturated rings. The second-order valence-corrected chi connectivity index (χ2v) is 7.14. The molecule has 24 heavy (non-hydrogen) atoms. The molecule has 0 bridgehead atoms. The molecule has 0 atom stereocenters. The zero-order valence-corrected chi connectivity index (χ0v) is 13.9. The number of nitrogens with one attached hydrogen (secondary N) is 1. The van der Waals surface area contributed by atoms with Crippen LogP contribution < -0.4 is 4.74 Å². The van der Waals surface area contributed by atoms with Gasteiger partial charge < -0.3 is 9.72 Å². The molecule has 3 aromatic rings. The Morgan fingerprint density at radius 3 is 2.38 bits per heavy atom. The monoisotopic (exact) mass is 394 g/mol. The van der Waals surface area contributed by atoms with Crippen LogP contribution in [-0.2, 0) is 3.79 Å². The number of aromatic nitrogens is 2. The Hall–Kier alpha value is -1.63. The molecular weight excluding hydrogens is 388 g/mol. The van der Waals surface area contributed by atoms with E-state index in [0.717, 1.165) is 0 Å². The van der Waals surface area contributed by atoms with Crippen molar-refractivity contribution in [2.75, 3.05) is 0 Å². The van der Waals surface area contributed by atoms with Gasteiger partial charge in [-0.15, -0.1) is 13.2 Å². The van der Waals surface area contributed by atoms with E-state index in [1.165, 1.54) is 18.2 Å². The van der Waals surface area contributed by atoms with Crippen LogP contribution in [-0.4, -0.2) is 16.3 Å². The van der Waals surface area contributed by atoms with Gasteiger partial charge in [0.15, 0.2) is 5.82 Å². The van der Waals surface area contributed by atoms with E-state index in [1.54, 1.807) is 24.3 Å². The Bertz CT molecular complexity index is 888. The fourth-order valence-electron chi connectivity index (χ4n) is 2.23. The third-order valence-corrected chi connectivity index (χ3v) is 3.71. The van der Waals surface area contributed by atoms with Crippen molar-refractivity contribution < 1.29 is 17.9 Å². The second kappa shape index (κ2) is 6.02. The molecule has 1 aromatic heterocycles. The highest BCUT2D eigenvalue weighted by molar-refractivity contribution is 6.66. The topological polar surface area (TPSA) is 37.9 Å². The van der Waals surface area contributed by atoms with Crippen molar-refractivity contribution in [1.29, 1.82) is 0 Å². The molecule has 0 aliphatic carbocycles. The van der Waals surface area contributed by atoms with Gasteiger partial charge in [-0.2, -0.15) is 0 Å². The van der Waals surface area contributed by atoms with E-state index >= 15 is 0 Å². The van der Waals surface area contributed by atoms with E-state index in [4.69, 9.17) is 34.8 Å². The maximum Gasteiger partial charge on any atom is 0.573 e. The third-order valence-electron chi connectivity index (χ3n) is 3.18. The van der Waals surface area contributed by atoms with Crippen LogP contribution in [0, 0.1) is 0 Å². The van der Waals surface area contributed by atoms with Crippen LogP contribution in [0.25, 0.3) is 22.2 Å². The first-order valence-electron chi connectivity index (χ1n) is 6.55. The van der Waals surface area contributed by atoms with Gasteiger partial charge >= 0.3 is 6.36 Å². The van der Waals surface area contributed by atoms with E-state index in [2.05, 4.69) is 14.7 Å². The lowest BCUT2D eigenvalue weighted by atomic mass is 10.0. The minimum absolute atomic E-state index is 0.125. The first kappa shape index (κ1) is 17.2. The number of imidazole rings is 1. The van der Waals surface area contributed by atoms with Crippen LogP contribution in [0.3, 0.4) is 0 Å². The fraction of sp³-hybridized carbons (Fsp3) is 0.133. The normalized spacial score (nSPS) is 12.6. The smallest absolute Gasteiger partial charge is 0.405 e. The quantitative estimate of drug-likeness (QED) is 0.544. The van der Waals surface area contributed by atoms with Gasteiger partial charge in [-0.25, -0.2) is 4.98 Å². The summed E-state index contributed by atoms with van der Waals surface area (Å²) in [6.07, 6.45) is -4.78. The van der Waals surface area contributed by atoms with Crippen molar-refractivity contribution in [2.45, 2.75) is 10.2 Å². The number of rotatable bonds is 2. The number of fused-ring (bicyclic) bond motifs is 1. The molecule has 1 N–H and O–H groups in total. The van der Waals surface area contributed by atoms with Crippen molar-refractivity contribution in [3.8, 4) is 16.9 Å². The number of halogens is 6. The number of hydrogen-bond donors (Lipinski definition) is 1. The van der Waals surface area contributed by atoms with Gasteiger partial charge in [-0.3, -0.25) is 0 Å². The molecule has 3 rings (SSSR count). The Morgan fingerprint density at radius 1 is 1.00 bits per heavy atom. The van der Waals surface area contributed by atoms with E-state index in [9.17, 15) is 13.2 Å². The third kappa shape index (κ3) is 3.71.